The second-order valence-corrected chi connectivity index (χ2v) is 8.59. The van der Waals surface area contributed by atoms with Crippen LogP contribution in [0, 0.1) is 6.92 Å². The van der Waals surface area contributed by atoms with Crippen molar-refractivity contribution in [3.8, 4) is 5.75 Å². The lowest BCUT2D eigenvalue weighted by Gasteiger charge is -2.45. The number of carbonyl (C=O) groups is 1. The number of hydrogen-bond donors (Lipinski definition) is 1. The maximum absolute atomic E-state index is 13.2. The zero-order valence-electron chi connectivity index (χ0n) is 16.4. The summed E-state index contributed by atoms with van der Waals surface area (Å²) in [5, 5.41) is 3.07. The van der Waals surface area contributed by atoms with Crippen molar-refractivity contribution in [2.45, 2.75) is 57.2 Å². The SMILES string of the molecule is CCNC(=O)[C@H]1[C@H]2C[C@]3(Oc4ccccc42)N1c1ccc(C)cc1C3(C)C. The molecule has 1 fully saturated rings. The van der Waals surface area contributed by atoms with Gasteiger partial charge in [0.2, 0.25) is 5.91 Å². The van der Waals surface area contributed by atoms with Crippen molar-refractivity contribution in [1.29, 1.82) is 0 Å². The van der Waals surface area contributed by atoms with E-state index >= 15 is 0 Å². The highest BCUT2D eigenvalue weighted by molar-refractivity contribution is 5.90. The number of nitrogens with one attached hydrogen (secondary N) is 1. The van der Waals surface area contributed by atoms with Crippen molar-refractivity contribution in [2.75, 3.05) is 11.4 Å². The molecule has 0 aromatic heterocycles. The number of para-hydroxylation sites is 1. The van der Waals surface area contributed by atoms with E-state index in [9.17, 15) is 4.79 Å². The van der Waals surface area contributed by atoms with E-state index in [1.165, 1.54) is 11.1 Å². The van der Waals surface area contributed by atoms with E-state index < -0.39 is 5.72 Å². The van der Waals surface area contributed by atoms with Crippen LogP contribution in [0.15, 0.2) is 42.5 Å². The van der Waals surface area contributed by atoms with Gasteiger partial charge in [0.15, 0.2) is 5.72 Å². The number of carbonyl (C=O) groups excluding carboxylic acids is 1. The maximum Gasteiger partial charge on any atom is 0.243 e. The molecule has 27 heavy (non-hydrogen) atoms. The Morgan fingerprint density at radius 3 is 2.81 bits per heavy atom. The molecular weight excluding hydrogens is 336 g/mol. The summed E-state index contributed by atoms with van der Waals surface area (Å²) in [6, 6.07) is 14.5. The average Bonchev–Trinajstić information content (AvgIpc) is 3.01. The molecule has 2 aromatic rings. The van der Waals surface area contributed by atoms with Gasteiger partial charge < -0.3 is 15.0 Å². The first-order chi connectivity index (χ1) is 12.9. The first-order valence-electron chi connectivity index (χ1n) is 9.87. The highest BCUT2D eigenvalue weighted by atomic mass is 16.5. The van der Waals surface area contributed by atoms with Crippen LogP contribution in [-0.2, 0) is 10.2 Å². The Labute approximate surface area is 160 Å². The van der Waals surface area contributed by atoms with Crippen LogP contribution in [0.2, 0.25) is 0 Å². The summed E-state index contributed by atoms with van der Waals surface area (Å²) in [7, 11) is 0. The van der Waals surface area contributed by atoms with Gasteiger partial charge in [-0.25, -0.2) is 0 Å². The molecule has 0 radical (unpaired) electrons. The molecule has 1 spiro atoms. The summed E-state index contributed by atoms with van der Waals surface area (Å²) in [4.78, 5) is 15.5. The van der Waals surface area contributed by atoms with Gasteiger partial charge in [-0.1, -0.05) is 35.9 Å². The van der Waals surface area contributed by atoms with Crippen LogP contribution in [0.3, 0.4) is 0 Å². The van der Waals surface area contributed by atoms with Crippen molar-refractivity contribution in [3.63, 3.8) is 0 Å². The Morgan fingerprint density at radius 1 is 1.26 bits per heavy atom. The number of aryl methyl sites for hydroxylation is 1. The van der Waals surface area contributed by atoms with Crippen LogP contribution < -0.4 is 15.0 Å². The van der Waals surface area contributed by atoms with E-state index in [0.29, 0.717) is 6.54 Å². The zero-order valence-corrected chi connectivity index (χ0v) is 16.4. The monoisotopic (exact) mass is 362 g/mol. The average molecular weight is 362 g/mol. The van der Waals surface area contributed by atoms with E-state index in [1.54, 1.807) is 0 Å². The van der Waals surface area contributed by atoms with Crippen LogP contribution >= 0.6 is 0 Å². The van der Waals surface area contributed by atoms with Gasteiger partial charge in [0.05, 0.1) is 5.41 Å². The number of amides is 1. The topological polar surface area (TPSA) is 41.6 Å². The molecule has 1 saturated heterocycles. The lowest BCUT2D eigenvalue weighted by molar-refractivity contribution is -0.122. The van der Waals surface area contributed by atoms with Crippen LogP contribution in [0.1, 0.15) is 49.8 Å². The van der Waals surface area contributed by atoms with Crippen molar-refractivity contribution < 1.29 is 9.53 Å². The van der Waals surface area contributed by atoms with Gasteiger partial charge in [-0.05, 0) is 45.4 Å². The normalized spacial score (nSPS) is 28.8. The Kier molecular flexibility index (Phi) is 3.26. The van der Waals surface area contributed by atoms with Crippen LogP contribution in [0.4, 0.5) is 5.69 Å². The number of ether oxygens (including phenoxy) is 1. The van der Waals surface area contributed by atoms with E-state index in [4.69, 9.17) is 4.74 Å². The molecule has 1 N–H and O–H groups in total. The summed E-state index contributed by atoms with van der Waals surface area (Å²) in [5.74, 6) is 1.15. The highest BCUT2D eigenvalue weighted by Gasteiger charge is 2.70. The number of benzene rings is 2. The molecule has 3 atom stereocenters. The van der Waals surface area contributed by atoms with Crippen LogP contribution in [0.25, 0.3) is 0 Å². The predicted octanol–water partition coefficient (Wildman–Crippen LogP) is 3.87. The van der Waals surface area contributed by atoms with Crippen molar-refractivity contribution in [3.05, 3.63) is 59.2 Å². The Bertz CT molecular complexity index is 951. The van der Waals surface area contributed by atoms with Gasteiger partial charge in [0.25, 0.3) is 0 Å². The zero-order chi connectivity index (χ0) is 19.0. The highest BCUT2D eigenvalue weighted by Crippen LogP contribution is 2.64. The minimum absolute atomic E-state index is 0.0916. The number of anilines is 1. The first kappa shape index (κ1) is 16.7. The number of fused-ring (bicyclic) bond motifs is 5. The number of nitrogens with zero attached hydrogens (tertiary/aromatic N) is 1. The van der Waals surface area contributed by atoms with Crippen molar-refractivity contribution in [1.82, 2.24) is 5.32 Å². The van der Waals surface area contributed by atoms with E-state index in [-0.39, 0.29) is 23.3 Å². The predicted molar refractivity (Wildman–Crippen MR) is 106 cm³/mol. The van der Waals surface area contributed by atoms with E-state index in [1.807, 2.05) is 25.1 Å². The summed E-state index contributed by atoms with van der Waals surface area (Å²) in [6.07, 6.45) is 0.826. The molecule has 2 aromatic carbocycles. The Morgan fingerprint density at radius 2 is 2.04 bits per heavy atom. The number of rotatable bonds is 2. The van der Waals surface area contributed by atoms with Gasteiger partial charge in [0.1, 0.15) is 11.8 Å². The largest absolute Gasteiger partial charge is 0.467 e. The van der Waals surface area contributed by atoms with Crippen LogP contribution in [-0.4, -0.2) is 24.2 Å². The third-order valence-corrected chi connectivity index (χ3v) is 6.82. The Hall–Kier alpha value is -2.49. The van der Waals surface area contributed by atoms with E-state index in [2.05, 4.69) is 55.3 Å². The van der Waals surface area contributed by atoms with Gasteiger partial charge in [-0.2, -0.15) is 0 Å². The molecule has 0 saturated carbocycles. The van der Waals surface area contributed by atoms with Gasteiger partial charge in [-0.3, -0.25) is 4.79 Å². The second-order valence-electron chi connectivity index (χ2n) is 8.59. The molecule has 3 aliphatic heterocycles. The van der Waals surface area contributed by atoms with Gasteiger partial charge >= 0.3 is 0 Å². The first-order valence-corrected chi connectivity index (χ1v) is 9.87. The fourth-order valence-electron chi connectivity index (χ4n) is 5.52. The third kappa shape index (κ3) is 1.91. The molecular formula is C23H26N2O2. The summed E-state index contributed by atoms with van der Waals surface area (Å²) >= 11 is 0. The Balaban J connectivity index is 1.77. The summed E-state index contributed by atoms with van der Waals surface area (Å²) in [5.41, 5.74) is 4.05. The summed E-state index contributed by atoms with van der Waals surface area (Å²) in [6.45, 7) is 9.26. The smallest absolute Gasteiger partial charge is 0.243 e. The third-order valence-electron chi connectivity index (χ3n) is 6.82. The fraction of sp³-hybridized carbons (Fsp3) is 0.435. The molecule has 4 nitrogen and oxygen atoms in total. The number of likely N-dealkylation sites (N-methyl/N-ethyl adjacent to an activating group) is 1. The lowest BCUT2D eigenvalue weighted by Crippen LogP contribution is -2.59. The van der Waals surface area contributed by atoms with Crippen molar-refractivity contribution in [2.24, 2.45) is 0 Å². The molecule has 4 heteroatoms. The van der Waals surface area contributed by atoms with Crippen molar-refractivity contribution >= 4 is 11.6 Å². The lowest BCUT2D eigenvalue weighted by atomic mass is 9.72. The minimum atomic E-state index is -0.530. The molecule has 0 aliphatic carbocycles. The molecule has 3 heterocycles. The van der Waals surface area contributed by atoms with Crippen LogP contribution in [0.5, 0.6) is 5.75 Å². The standard InChI is InChI=1S/C23H26N2O2/c1-5-24-21(26)20-16-13-23(27-19-9-7-6-8-15(16)19)22(3,4)17-12-14(2)10-11-18(17)25(20)23/h6-12,16,20H,5,13H2,1-4H3,(H,24,26)/t16-,20+,23+/m0/s1. The summed E-state index contributed by atoms with van der Waals surface area (Å²) < 4.78 is 6.78. The molecule has 3 aliphatic rings. The maximum atomic E-state index is 13.2. The fourth-order valence-corrected chi connectivity index (χ4v) is 5.52. The van der Waals surface area contributed by atoms with Gasteiger partial charge in [-0.15, -0.1) is 0 Å². The second kappa shape index (κ2) is 5.28. The molecule has 1 amide bonds. The van der Waals surface area contributed by atoms with Gasteiger partial charge in [0, 0.05) is 30.1 Å². The van der Waals surface area contributed by atoms with E-state index in [0.717, 1.165) is 23.4 Å². The minimum Gasteiger partial charge on any atom is -0.467 e. The molecule has 5 rings (SSSR count). The molecule has 0 unspecified atom stereocenters. The quantitative estimate of drug-likeness (QED) is 0.882. The molecule has 140 valence electrons. The molecule has 2 bridgehead atoms. The number of hydrogen-bond acceptors (Lipinski definition) is 3.